The molecule has 1 amide bonds. The summed E-state index contributed by atoms with van der Waals surface area (Å²) < 4.78 is 13.6. The van der Waals surface area contributed by atoms with E-state index in [2.05, 4.69) is 28.4 Å². The Hall–Kier alpha value is -2.38. The van der Waals surface area contributed by atoms with Gasteiger partial charge in [0.25, 0.3) is 5.91 Å². The van der Waals surface area contributed by atoms with Gasteiger partial charge in [-0.3, -0.25) is 4.79 Å². The number of amides is 1. The molecule has 3 aromatic rings. The van der Waals surface area contributed by atoms with E-state index in [9.17, 15) is 4.79 Å². The zero-order valence-corrected chi connectivity index (χ0v) is 26.0. The zero-order valence-electron chi connectivity index (χ0n) is 23.6. The molecular weight excluding hydrogens is 572 g/mol. The molecule has 0 aliphatic rings. The number of hydrogen-bond acceptors (Lipinski definition) is 4. The van der Waals surface area contributed by atoms with Crippen molar-refractivity contribution in [2.45, 2.75) is 90.5 Å². The molecule has 0 atom stereocenters. The second kappa shape index (κ2) is 19.6. The number of hydrogen-bond donors (Lipinski definition) is 1. The SMILES string of the molecule is CCCCCCCCCCCCCCOc1cc(C(=O)Nc2cccc(C[n+]3ccsc3)c2)ccc1OC.[Br-]. The molecule has 0 unspecified atom stereocenters. The van der Waals surface area contributed by atoms with Crippen molar-refractivity contribution in [3.05, 3.63) is 70.7 Å². The van der Waals surface area contributed by atoms with Gasteiger partial charge in [0.2, 0.25) is 5.51 Å². The quantitative estimate of drug-likeness (QED) is 0.144. The monoisotopic (exact) mass is 616 g/mol. The van der Waals surface area contributed by atoms with Gasteiger partial charge in [-0.1, -0.05) is 101 Å². The predicted octanol–water partition coefficient (Wildman–Crippen LogP) is 5.43. The Labute approximate surface area is 249 Å². The molecule has 0 fully saturated rings. The fourth-order valence-electron chi connectivity index (χ4n) is 4.57. The van der Waals surface area contributed by atoms with Gasteiger partial charge >= 0.3 is 0 Å². The van der Waals surface area contributed by atoms with Gasteiger partial charge in [-0.2, -0.15) is 4.57 Å². The minimum absolute atomic E-state index is 0. The molecule has 0 saturated heterocycles. The van der Waals surface area contributed by atoms with Crippen molar-refractivity contribution in [2.75, 3.05) is 19.0 Å². The molecule has 5 nitrogen and oxygen atoms in total. The van der Waals surface area contributed by atoms with Crippen molar-refractivity contribution in [3.63, 3.8) is 0 Å². The first-order chi connectivity index (χ1) is 18.7. The molecule has 7 heteroatoms. The van der Waals surface area contributed by atoms with Crippen LogP contribution in [0.15, 0.2) is 59.6 Å². The van der Waals surface area contributed by atoms with Crippen LogP contribution in [-0.4, -0.2) is 19.6 Å². The number of methoxy groups -OCH3 is 1. The molecule has 1 aromatic heterocycles. The van der Waals surface area contributed by atoms with E-state index in [0.717, 1.165) is 24.2 Å². The summed E-state index contributed by atoms with van der Waals surface area (Å²) in [7, 11) is 1.63. The molecule has 2 aromatic carbocycles. The van der Waals surface area contributed by atoms with Crippen LogP contribution in [0, 0.1) is 0 Å². The van der Waals surface area contributed by atoms with E-state index in [0.29, 0.717) is 23.7 Å². The molecule has 0 radical (unpaired) electrons. The van der Waals surface area contributed by atoms with E-state index in [1.165, 1.54) is 70.6 Å². The molecule has 3 rings (SSSR count). The molecule has 0 bridgehead atoms. The van der Waals surface area contributed by atoms with Crippen molar-refractivity contribution < 1.29 is 35.8 Å². The number of ether oxygens (including phenoxy) is 2. The van der Waals surface area contributed by atoms with Gasteiger partial charge in [-0.15, -0.1) is 0 Å². The van der Waals surface area contributed by atoms with Crippen LogP contribution in [0.3, 0.4) is 0 Å². The van der Waals surface area contributed by atoms with Gasteiger partial charge in [0.15, 0.2) is 24.2 Å². The van der Waals surface area contributed by atoms with E-state index in [-0.39, 0.29) is 22.9 Å². The lowest BCUT2D eigenvalue weighted by Gasteiger charge is -2.13. The van der Waals surface area contributed by atoms with E-state index in [1.54, 1.807) is 36.6 Å². The van der Waals surface area contributed by atoms with E-state index in [4.69, 9.17) is 9.47 Å². The third-order valence-corrected chi connectivity index (χ3v) is 7.43. The van der Waals surface area contributed by atoms with Crippen molar-refractivity contribution in [1.29, 1.82) is 0 Å². The number of rotatable bonds is 19. The Morgan fingerprint density at radius 1 is 0.872 bits per heavy atom. The number of carbonyl (C=O) groups excluding carboxylic acids is 1. The van der Waals surface area contributed by atoms with Crippen LogP contribution in [-0.2, 0) is 6.54 Å². The van der Waals surface area contributed by atoms with E-state index in [1.807, 2.05) is 29.8 Å². The minimum Gasteiger partial charge on any atom is -1.00 e. The number of aromatic nitrogens is 1. The van der Waals surface area contributed by atoms with Gasteiger partial charge in [-0.05, 0) is 36.8 Å². The fourth-order valence-corrected chi connectivity index (χ4v) is 5.17. The fraction of sp³-hybridized carbons (Fsp3) is 0.500. The summed E-state index contributed by atoms with van der Waals surface area (Å²) in [6.45, 7) is 3.67. The van der Waals surface area contributed by atoms with Crippen molar-refractivity contribution >= 4 is 22.9 Å². The van der Waals surface area contributed by atoms with Gasteiger partial charge in [-0.25, -0.2) is 0 Å². The Morgan fingerprint density at radius 2 is 1.56 bits per heavy atom. The number of thiazole rings is 1. The first-order valence-electron chi connectivity index (χ1n) is 14.3. The summed E-state index contributed by atoms with van der Waals surface area (Å²) in [5, 5.41) is 5.07. The zero-order chi connectivity index (χ0) is 26.8. The van der Waals surface area contributed by atoms with Crippen molar-refractivity contribution in [2.24, 2.45) is 0 Å². The number of halogens is 1. The van der Waals surface area contributed by atoms with Crippen molar-refractivity contribution in [3.8, 4) is 11.5 Å². The average Bonchev–Trinajstić information content (AvgIpc) is 3.44. The summed E-state index contributed by atoms with van der Waals surface area (Å²) in [5.41, 5.74) is 4.53. The van der Waals surface area contributed by atoms with Gasteiger partial charge < -0.3 is 31.8 Å². The molecule has 0 aliphatic heterocycles. The summed E-state index contributed by atoms with van der Waals surface area (Å²) >= 11 is 1.66. The molecular formula is C32H45BrN2O3S. The van der Waals surface area contributed by atoms with E-state index >= 15 is 0 Å². The summed E-state index contributed by atoms with van der Waals surface area (Å²) in [5.74, 6) is 1.10. The predicted molar refractivity (Wildman–Crippen MR) is 158 cm³/mol. The second-order valence-corrected chi connectivity index (χ2v) is 10.7. The number of nitrogens with zero attached hydrogens (tertiary/aromatic N) is 1. The van der Waals surface area contributed by atoms with Crippen LogP contribution in [0.2, 0.25) is 0 Å². The standard InChI is InChI=1S/C32H44N2O3S.BrH/c1-3-4-5-6-7-8-9-10-11-12-13-14-21-37-31-24-28(18-19-30(31)36-2)32(35)33-29-17-15-16-27(23-29)25-34-20-22-38-26-34;/h15-20,22-24,26H,3-14,21,25H2,1-2H3;1H. The summed E-state index contributed by atoms with van der Waals surface area (Å²) in [6.07, 6.45) is 17.8. The van der Waals surface area contributed by atoms with Crippen LogP contribution in [0.5, 0.6) is 11.5 Å². The summed E-state index contributed by atoms with van der Waals surface area (Å²) in [4.78, 5) is 13.0. The maximum atomic E-state index is 13.0. The number of carbonyl (C=O) groups is 1. The molecule has 1 N–H and O–H groups in total. The number of benzene rings is 2. The Kier molecular flexibility index (Phi) is 16.5. The number of anilines is 1. The summed E-state index contributed by atoms with van der Waals surface area (Å²) in [6, 6.07) is 13.3. The van der Waals surface area contributed by atoms with Crippen molar-refractivity contribution in [1.82, 2.24) is 0 Å². The first kappa shape index (κ1) is 32.8. The van der Waals surface area contributed by atoms with Gasteiger partial charge in [0.1, 0.15) is 0 Å². The normalized spacial score (nSPS) is 10.6. The lowest BCUT2D eigenvalue weighted by atomic mass is 10.1. The van der Waals surface area contributed by atoms with Crippen LogP contribution < -0.4 is 36.3 Å². The highest BCUT2D eigenvalue weighted by molar-refractivity contribution is 7.07. The lowest BCUT2D eigenvalue weighted by molar-refractivity contribution is -0.683. The van der Waals surface area contributed by atoms with Gasteiger partial charge in [0.05, 0.1) is 19.1 Å². The third-order valence-electron chi connectivity index (χ3n) is 6.76. The Bertz CT molecular complexity index is 1080. The third kappa shape index (κ3) is 12.6. The highest BCUT2D eigenvalue weighted by atomic mass is 79.9. The topological polar surface area (TPSA) is 51.4 Å². The number of nitrogens with one attached hydrogen (secondary N) is 1. The molecule has 0 aliphatic carbocycles. The number of unbranched alkanes of at least 4 members (excludes halogenated alkanes) is 11. The minimum atomic E-state index is -0.164. The largest absolute Gasteiger partial charge is 1.00 e. The molecule has 39 heavy (non-hydrogen) atoms. The van der Waals surface area contributed by atoms with Crippen LogP contribution >= 0.6 is 11.3 Å². The highest BCUT2D eigenvalue weighted by Crippen LogP contribution is 2.29. The van der Waals surface area contributed by atoms with Gasteiger partial charge in [0, 0.05) is 16.8 Å². The molecule has 0 spiro atoms. The first-order valence-corrected chi connectivity index (χ1v) is 15.3. The maximum absolute atomic E-state index is 13.0. The average molecular weight is 618 g/mol. The van der Waals surface area contributed by atoms with Crippen LogP contribution in [0.25, 0.3) is 0 Å². The highest BCUT2D eigenvalue weighted by Gasteiger charge is 2.13. The van der Waals surface area contributed by atoms with Crippen LogP contribution in [0.1, 0.15) is 99.9 Å². The Balaban J connectivity index is 0.00000533. The lowest BCUT2D eigenvalue weighted by Crippen LogP contribution is -3.00. The smallest absolute Gasteiger partial charge is 0.255 e. The van der Waals surface area contributed by atoms with Crippen LogP contribution in [0.4, 0.5) is 5.69 Å². The second-order valence-electron chi connectivity index (χ2n) is 9.96. The molecule has 214 valence electrons. The van der Waals surface area contributed by atoms with E-state index < -0.39 is 0 Å². The molecule has 0 saturated carbocycles. The Morgan fingerprint density at radius 3 is 2.21 bits per heavy atom. The molecule has 1 heterocycles. The maximum Gasteiger partial charge on any atom is 0.255 e.